The second kappa shape index (κ2) is 10.2. The van der Waals surface area contributed by atoms with E-state index in [0.29, 0.717) is 4.91 Å². The highest BCUT2D eigenvalue weighted by Gasteiger charge is 2.39. The van der Waals surface area contributed by atoms with E-state index in [4.69, 9.17) is 17.0 Å². The molecule has 0 bridgehead atoms. The van der Waals surface area contributed by atoms with E-state index in [-0.39, 0.29) is 20.9 Å². The number of thioether (sulfide) groups is 1. The van der Waals surface area contributed by atoms with E-state index in [1.165, 1.54) is 44.2 Å². The zero-order valence-electron chi connectivity index (χ0n) is 17.9. The summed E-state index contributed by atoms with van der Waals surface area (Å²) in [6.45, 7) is 0. The second-order valence-electron chi connectivity index (χ2n) is 8.48. The molecule has 0 radical (unpaired) electrons. The summed E-state index contributed by atoms with van der Waals surface area (Å²) < 4.78 is 31.7. The van der Waals surface area contributed by atoms with E-state index < -0.39 is 15.9 Å². The molecule has 1 amide bonds. The van der Waals surface area contributed by atoms with Crippen molar-refractivity contribution in [3.05, 3.63) is 53.5 Å². The van der Waals surface area contributed by atoms with Crippen LogP contribution in [0.4, 0.5) is 0 Å². The van der Waals surface area contributed by atoms with Gasteiger partial charge in [0.15, 0.2) is 4.32 Å². The van der Waals surface area contributed by atoms with E-state index in [9.17, 15) is 13.2 Å². The van der Waals surface area contributed by atoms with E-state index in [1.54, 1.807) is 24.3 Å². The molecule has 4 rings (SSSR count). The number of thiocarbonyl (C=S) groups is 1. The first kappa shape index (κ1) is 23.6. The lowest BCUT2D eigenvalue weighted by Crippen LogP contribution is -2.44. The fraction of sp³-hybridized carbons (Fsp3) is 0.478. The smallest absolute Gasteiger partial charge is 0.281 e. The van der Waals surface area contributed by atoms with Crippen molar-refractivity contribution in [1.29, 1.82) is 0 Å². The van der Waals surface area contributed by atoms with Crippen molar-refractivity contribution in [3.63, 3.8) is 0 Å². The third kappa shape index (κ3) is 5.51. The summed E-state index contributed by atoms with van der Waals surface area (Å²) in [4.78, 5) is 15.5. The standard InChI is InChI=1S/C23H28N2O4S3/c26-21-20(31-22(30)25(21)24-32(27,28)19-11-5-4-6-12-19)13-9-10-18-14-17-23(29-18)15-7-2-1-3-8-16-23/h4-6,9-13,18,24H,1-3,7-8,14-17H2/b10-9+,20-13+. The summed E-state index contributed by atoms with van der Waals surface area (Å²) in [7, 11) is -3.90. The van der Waals surface area contributed by atoms with Crippen LogP contribution in [0.2, 0.25) is 0 Å². The van der Waals surface area contributed by atoms with Crippen LogP contribution in [-0.4, -0.2) is 35.4 Å². The monoisotopic (exact) mass is 492 g/mol. The number of nitrogens with one attached hydrogen (secondary N) is 1. The molecule has 3 aliphatic rings. The molecule has 1 aromatic carbocycles. The molecule has 1 unspecified atom stereocenters. The molecule has 1 aliphatic carbocycles. The Morgan fingerprint density at radius 2 is 1.78 bits per heavy atom. The van der Waals surface area contributed by atoms with Gasteiger partial charge in [-0.1, -0.05) is 86.4 Å². The number of carbonyl (C=O) groups excluding carboxylic acids is 1. The van der Waals surface area contributed by atoms with Gasteiger partial charge in [0.1, 0.15) is 0 Å². The Hall–Kier alpha value is -1.52. The Morgan fingerprint density at radius 1 is 1.09 bits per heavy atom. The van der Waals surface area contributed by atoms with Crippen LogP contribution in [0.25, 0.3) is 0 Å². The molecule has 1 atom stereocenters. The Balaban J connectivity index is 1.37. The predicted octanol–water partition coefficient (Wildman–Crippen LogP) is 4.84. The maximum Gasteiger partial charge on any atom is 0.281 e. The molecule has 2 aliphatic heterocycles. The van der Waals surface area contributed by atoms with E-state index in [2.05, 4.69) is 4.83 Å². The van der Waals surface area contributed by atoms with Crippen molar-refractivity contribution in [3.8, 4) is 0 Å². The van der Waals surface area contributed by atoms with E-state index in [0.717, 1.165) is 42.5 Å². The van der Waals surface area contributed by atoms with Gasteiger partial charge < -0.3 is 4.74 Å². The highest BCUT2D eigenvalue weighted by atomic mass is 32.2. The molecule has 32 heavy (non-hydrogen) atoms. The van der Waals surface area contributed by atoms with Crippen LogP contribution in [0, 0.1) is 0 Å². The van der Waals surface area contributed by atoms with Crippen LogP contribution in [0.1, 0.15) is 57.8 Å². The zero-order valence-corrected chi connectivity index (χ0v) is 20.3. The van der Waals surface area contributed by atoms with Crippen molar-refractivity contribution in [2.45, 2.75) is 74.4 Å². The van der Waals surface area contributed by atoms with Gasteiger partial charge in [-0.15, -0.1) is 4.83 Å². The summed E-state index contributed by atoms with van der Waals surface area (Å²) in [6.07, 6.45) is 16.3. The van der Waals surface area contributed by atoms with Gasteiger partial charge in [0.05, 0.1) is 21.5 Å². The number of hydrazine groups is 1. The Kier molecular flexibility index (Phi) is 7.51. The molecule has 0 aromatic heterocycles. The van der Waals surface area contributed by atoms with Gasteiger partial charge in [0.25, 0.3) is 15.9 Å². The Bertz CT molecular complexity index is 1010. The highest BCUT2D eigenvalue weighted by Crippen LogP contribution is 2.41. The highest BCUT2D eigenvalue weighted by molar-refractivity contribution is 8.26. The largest absolute Gasteiger partial charge is 0.368 e. The van der Waals surface area contributed by atoms with Gasteiger partial charge in [-0.2, -0.15) is 0 Å². The van der Waals surface area contributed by atoms with Crippen LogP contribution in [0.5, 0.6) is 0 Å². The predicted molar refractivity (Wildman–Crippen MR) is 130 cm³/mol. The van der Waals surface area contributed by atoms with E-state index in [1.807, 2.05) is 12.2 Å². The average Bonchev–Trinajstić information content (AvgIpc) is 3.28. The zero-order chi connectivity index (χ0) is 22.6. The first-order chi connectivity index (χ1) is 15.4. The maximum absolute atomic E-state index is 12.7. The molecule has 1 N–H and O–H groups in total. The van der Waals surface area contributed by atoms with Gasteiger partial charge in [0.2, 0.25) is 0 Å². The lowest BCUT2D eigenvalue weighted by molar-refractivity contribution is -0.123. The van der Waals surface area contributed by atoms with Gasteiger partial charge in [-0.3, -0.25) is 4.79 Å². The molecule has 2 saturated heterocycles. The number of nitrogens with zero attached hydrogens (tertiary/aromatic N) is 1. The third-order valence-electron chi connectivity index (χ3n) is 6.18. The number of sulfonamides is 1. The van der Waals surface area contributed by atoms with Crippen LogP contribution >= 0.6 is 24.0 Å². The lowest BCUT2D eigenvalue weighted by atomic mass is 9.85. The number of hydrogen-bond donors (Lipinski definition) is 1. The second-order valence-corrected chi connectivity index (χ2v) is 11.8. The molecule has 9 heteroatoms. The summed E-state index contributed by atoms with van der Waals surface area (Å²) in [5.41, 5.74) is 0.0224. The topological polar surface area (TPSA) is 75.7 Å². The van der Waals surface area contributed by atoms with Crippen LogP contribution in [0.15, 0.2) is 58.4 Å². The third-order valence-corrected chi connectivity index (χ3v) is 8.82. The molecule has 172 valence electrons. The van der Waals surface area contributed by atoms with Crippen molar-refractivity contribution < 1.29 is 17.9 Å². The number of rotatable bonds is 5. The van der Waals surface area contributed by atoms with Crippen molar-refractivity contribution in [2.75, 3.05) is 0 Å². The van der Waals surface area contributed by atoms with E-state index >= 15 is 0 Å². The minimum atomic E-state index is -3.90. The summed E-state index contributed by atoms with van der Waals surface area (Å²) >= 11 is 6.30. The average molecular weight is 493 g/mol. The first-order valence-electron chi connectivity index (χ1n) is 11.1. The van der Waals surface area contributed by atoms with Crippen molar-refractivity contribution >= 4 is 44.2 Å². The molecular weight excluding hydrogens is 464 g/mol. The van der Waals surface area contributed by atoms with Gasteiger partial charge >= 0.3 is 0 Å². The summed E-state index contributed by atoms with van der Waals surface area (Å²) in [5, 5.41) is 0.914. The van der Waals surface area contributed by atoms with Crippen LogP contribution < -0.4 is 4.83 Å². The first-order valence-corrected chi connectivity index (χ1v) is 13.8. The maximum atomic E-state index is 12.7. The molecule has 1 spiro atoms. The van der Waals surface area contributed by atoms with Gasteiger partial charge in [-0.05, 0) is 43.9 Å². The van der Waals surface area contributed by atoms with Crippen molar-refractivity contribution in [1.82, 2.24) is 9.84 Å². The number of hydrogen-bond acceptors (Lipinski definition) is 6. The Morgan fingerprint density at radius 3 is 2.50 bits per heavy atom. The molecule has 2 heterocycles. The van der Waals surface area contributed by atoms with Crippen molar-refractivity contribution in [2.24, 2.45) is 0 Å². The number of amides is 1. The number of carbonyl (C=O) groups is 1. The van der Waals surface area contributed by atoms with Gasteiger partial charge in [0, 0.05) is 0 Å². The van der Waals surface area contributed by atoms with Crippen LogP contribution in [-0.2, 0) is 19.6 Å². The molecule has 1 aromatic rings. The molecule has 1 saturated carbocycles. The lowest BCUT2D eigenvalue weighted by Gasteiger charge is -2.31. The summed E-state index contributed by atoms with van der Waals surface area (Å²) in [6, 6.07) is 7.89. The Labute approximate surface area is 199 Å². The quantitative estimate of drug-likeness (QED) is 0.468. The number of allylic oxidation sites excluding steroid dienone is 2. The molecule has 6 nitrogen and oxygen atoms in total. The number of ether oxygens (including phenoxy) is 1. The number of benzene rings is 1. The molecule has 3 fully saturated rings. The molecular formula is C23H28N2O4S3. The fourth-order valence-electron chi connectivity index (χ4n) is 4.50. The normalized spacial score (nSPS) is 25.7. The minimum absolute atomic E-state index is 0.0224. The fourth-order valence-corrected chi connectivity index (χ4v) is 6.78. The van der Waals surface area contributed by atoms with Gasteiger partial charge in [-0.25, -0.2) is 13.4 Å². The SMILES string of the molecule is O=C1/C(=C\C=C\C2CCC3(CCCCCCC3)O2)SC(=S)N1NS(=O)(=O)c1ccccc1. The minimum Gasteiger partial charge on any atom is -0.368 e. The van der Waals surface area contributed by atoms with Crippen LogP contribution in [0.3, 0.4) is 0 Å². The summed E-state index contributed by atoms with van der Waals surface area (Å²) in [5.74, 6) is -0.479.